The van der Waals surface area contributed by atoms with Gasteiger partial charge in [0, 0.05) is 55.9 Å². The maximum Gasteiger partial charge on any atom is 0.203 e. The van der Waals surface area contributed by atoms with E-state index in [0.717, 1.165) is 134 Å². The Labute approximate surface area is 733 Å². The van der Waals surface area contributed by atoms with E-state index in [0.29, 0.717) is 107 Å². The first-order valence-corrected chi connectivity index (χ1v) is 40.8. The van der Waals surface area contributed by atoms with E-state index in [1.54, 1.807) is 54.8 Å². The Morgan fingerprint density at radius 3 is 1.06 bits per heavy atom. The molecule has 21 aromatic rings. The molecule has 38 heteroatoms. The van der Waals surface area contributed by atoms with Gasteiger partial charge in [-0.15, -0.1) is 0 Å². The van der Waals surface area contributed by atoms with Crippen LogP contribution in [0.4, 0.5) is 29.1 Å². The fourth-order valence-corrected chi connectivity index (χ4v) is 17.9. The number of para-hydroxylation sites is 1. The molecule has 0 radical (unpaired) electrons. The minimum absolute atomic E-state index is 0.229. The largest absolute Gasteiger partial charge is 0.472 e. The summed E-state index contributed by atoms with van der Waals surface area (Å²) in [7, 11) is 0. The maximum atomic E-state index is 8.02. The van der Waals surface area contributed by atoms with E-state index in [2.05, 4.69) is 178 Å². The minimum atomic E-state index is -0.388. The van der Waals surface area contributed by atoms with Gasteiger partial charge in [0.05, 0.1) is 117 Å². The minimum Gasteiger partial charge on any atom is -0.472 e. The lowest BCUT2D eigenvalue weighted by atomic mass is 9.84. The van der Waals surface area contributed by atoms with Gasteiger partial charge in [0.2, 0.25) is 22.8 Å². The lowest BCUT2D eigenvalue weighted by molar-refractivity contribution is 0.315. The molecule has 130 heavy (non-hydrogen) atoms. The molecule has 0 spiro atoms. The normalized spacial score (nSPS) is 16.4. The highest BCUT2D eigenvalue weighted by Gasteiger charge is 2.41. The van der Waals surface area contributed by atoms with Crippen molar-refractivity contribution in [2.75, 3.05) is 26.6 Å². The molecule has 5 aliphatic heterocycles. The number of fused-ring (bicyclic) bond motifs is 12. The van der Waals surface area contributed by atoms with Crippen molar-refractivity contribution in [1.82, 2.24) is 103 Å². The topological polar surface area (TPSA) is 446 Å². The van der Waals surface area contributed by atoms with Crippen molar-refractivity contribution in [2.45, 2.75) is 36.5 Å². The number of H-pyrrole nitrogens is 5. The Bertz CT molecular complexity index is 8210. The summed E-state index contributed by atoms with van der Waals surface area (Å²) in [5.74, 6) is 2.81. The van der Waals surface area contributed by atoms with Gasteiger partial charge in [-0.1, -0.05) is 115 Å². The fourth-order valence-electron chi connectivity index (χ4n) is 17.2. The molecule has 10 N–H and O–H groups in total. The smallest absolute Gasteiger partial charge is 0.203 e. The van der Waals surface area contributed by atoms with Gasteiger partial charge in [0.15, 0.2) is 5.70 Å². The van der Waals surface area contributed by atoms with Gasteiger partial charge in [-0.2, -0.15) is 36.8 Å². The van der Waals surface area contributed by atoms with Gasteiger partial charge in [-0.3, -0.25) is 25.5 Å². The Balaban J connectivity index is 0.0000000958. The predicted molar refractivity (Wildman–Crippen MR) is 476 cm³/mol. The monoisotopic (exact) mass is 1720 g/mol. The molecule has 0 saturated heterocycles. The molecule has 26 rings (SSSR count). The molecule has 13 aromatic heterocycles. The van der Waals surface area contributed by atoms with Crippen LogP contribution in [-0.4, -0.2) is 103 Å². The predicted octanol–water partition coefficient (Wildman–Crippen LogP) is 19.4. The Kier molecular flexibility index (Phi) is 19.0. The first-order chi connectivity index (χ1) is 64.2. The number of hydrogen-bond donors (Lipinski definition) is 10. The highest BCUT2D eigenvalue weighted by molar-refractivity contribution is 7.08. The SMILES string of the molecule is [C-]#[N+]C1=C(C)Nc2[nH]ncc2C1c1cccc2nonc12.[C-]#[N+]C1=C(c2cc3ccccc3o2)Nc2[nH]ncc2C1c1cccc2nonc12.[C-]#[N+]C1=C(c2ccc3ccccc3c2)Nc2[nH]ncc2C1c1cccc2nonc12.[C-]#[N+]C1=C(c2ccoc2)Nc2[nH]ncc2C1c1cccc2nonc12.[C-]#[N+]C1=C(c2ccsc2)Nc2[nH]ncc2C1c1cccc2nonc12. The van der Waals surface area contributed by atoms with Crippen LogP contribution in [0.1, 0.15) is 115 Å². The lowest BCUT2D eigenvalue weighted by Crippen LogP contribution is -2.16. The number of aromatic amines is 5. The van der Waals surface area contributed by atoms with Crippen LogP contribution in [0.5, 0.6) is 0 Å². The third-order valence-electron chi connectivity index (χ3n) is 23.1. The van der Waals surface area contributed by atoms with Gasteiger partial charge >= 0.3 is 0 Å². The third kappa shape index (κ3) is 13.2. The van der Waals surface area contributed by atoms with Crippen LogP contribution in [0, 0.1) is 32.9 Å². The second-order valence-corrected chi connectivity index (χ2v) is 30.8. The molecule has 0 aliphatic carbocycles. The van der Waals surface area contributed by atoms with Crippen LogP contribution in [-0.2, 0) is 0 Å². The van der Waals surface area contributed by atoms with Gasteiger partial charge in [0.25, 0.3) is 0 Å². The average Bonchev–Trinajstić information content (AvgIpc) is 1.65. The Morgan fingerprint density at radius 1 is 0.315 bits per heavy atom. The van der Waals surface area contributed by atoms with E-state index in [4.69, 9.17) is 64.8 Å². The van der Waals surface area contributed by atoms with Gasteiger partial charge < -0.3 is 35.4 Å². The number of hydrogen-bond acceptors (Lipinski definition) is 28. The molecule has 622 valence electrons. The van der Waals surface area contributed by atoms with Crippen molar-refractivity contribution in [3.8, 4) is 0 Å². The van der Waals surface area contributed by atoms with E-state index in [1.165, 1.54) is 0 Å². The summed E-state index contributed by atoms with van der Waals surface area (Å²) in [6.45, 7) is 41.0. The summed E-state index contributed by atoms with van der Waals surface area (Å²) >= 11 is 1.59. The molecule has 0 saturated carbocycles. The number of benzene rings is 8. The Hall–Kier alpha value is -19.3. The zero-order valence-corrected chi connectivity index (χ0v) is 67.9. The van der Waals surface area contributed by atoms with Gasteiger partial charge in [-0.25, -0.2) is 47.4 Å². The molecule has 0 amide bonds. The molecule has 18 heterocycles. The van der Waals surface area contributed by atoms with E-state index in [9.17, 15) is 0 Å². The number of nitrogens with zero attached hydrogens (tertiary/aromatic N) is 20. The summed E-state index contributed by atoms with van der Waals surface area (Å²) in [5.41, 5.74) is 25.2. The number of allylic oxidation sites excluding steroid dienone is 6. The second kappa shape index (κ2) is 32.2. The summed E-state index contributed by atoms with van der Waals surface area (Å²) in [6.07, 6.45) is 11.8. The first kappa shape index (κ1) is 76.8. The van der Waals surface area contributed by atoms with Crippen molar-refractivity contribution < 1.29 is 32.0 Å². The van der Waals surface area contributed by atoms with Crippen LogP contribution in [0.15, 0.2) is 296 Å². The van der Waals surface area contributed by atoms with E-state index < -0.39 is 0 Å². The summed E-state index contributed by atoms with van der Waals surface area (Å²) in [4.78, 5) is 19.2. The van der Waals surface area contributed by atoms with E-state index >= 15 is 0 Å². The van der Waals surface area contributed by atoms with Gasteiger partial charge in [0.1, 0.15) is 95.6 Å². The molecule has 8 aromatic carbocycles. The fraction of sp³-hybridized carbons (Fsp3) is 0.0652. The van der Waals surface area contributed by atoms with Crippen LogP contribution in [0.25, 0.3) is 124 Å². The highest BCUT2D eigenvalue weighted by Crippen LogP contribution is 2.52. The van der Waals surface area contributed by atoms with Crippen molar-refractivity contribution in [3.05, 3.63) is 400 Å². The third-order valence-corrected chi connectivity index (χ3v) is 23.7. The Morgan fingerprint density at radius 2 is 0.677 bits per heavy atom. The second-order valence-electron chi connectivity index (χ2n) is 30.0. The maximum absolute atomic E-state index is 8.02. The van der Waals surface area contributed by atoms with Crippen molar-refractivity contribution >= 4 is 140 Å². The molecular formula is C92H56N30O7S. The van der Waals surface area contributed by atoms with Crippen molar-refractivity contribution in [1.29, 1.82) is 0 Å². The highest BCUT2D eigenvalue weighted by atomic mass is 32.1. The number of nitrogens with one attached hydrogen (secondary N) is 10. The summed E-state index contributed by atoms with van der Waals surface area (Å²) in [5, 5.41) is 99.1. The number of aromatic nitrogens is 20. The molecule has 5 atom stereocenters. The van der Waals surface area contributed by atoms with E-state index in [1.807, 2.05) is 169 Å². The molecular weight excluding hydrogens is 1670 g/mol. The van der Waals surface area contributed by atoms with Crippen LogP contribution in [0.3, 0.4) is 0 Å². The van der Waals surface area contributed by atoms with E-state index in [-0.39, 0.29) is 29.6 Å². The van der Waals surface area contributed by atoms with Gasteiger partial charge in [-0.05, 0) is 180 Å². The van der Waals surface area contributed by atoms with Crippen LogP contribution >= 0.6 is 11.3 Å². The van der Waals surface area contributed by atoms with Crippen molar-refractivity contribution in [2.24, 2.45) is 0 Å². The summed E-state index contributed by atoms with van der Waals surface area (Å²) in [6, 6.07) is 56.2. The number of thiophene rings is 1. The standard InChI is InChI=1S/C23H14N6O.C21H12N6O2.C17H10N6O2.C17H10N6OS.C14H10N6O/c1-24-22-19(16-7-4-8-18-21(16)29-30-28-18)17-12-25-27-23(17)26-20(22)15-10-9-13-5-2-3-6-14(13)11-15;1-22-20-17(12-6-4-7-14-18(12)27-29-26-14)13-10-23-25-21(13)24-19(20)16-9-11-5-2-3-8-15(11)28-16;1-18-16-13(10-3-2-4-12-15(10)23-25-22-12)11-7-19-21-17(11)20-14(16)9-5-6-24-8-9;1-18-16-13(10-3-2-4-12-15(10)23-24-22-12)11-7-19-21-17(11)20-14(16)9-5-6-25-8-9;1-7-12(15-2)11(9-6-16-18-14(9)17-7)8-4-3-5-10-13(8)20-21-19-10/h2-12,19H,(H2,25,26,27);2-10,17H,(H2,23,24,25);2*2-8,13H,(H2,19,20,21);3-6,11H,1H3,(H2,16,17,18). The molecule has 0 bridgehead atoms. The zero-order chi connectivity index (χ0) is 87.5. The van der Waals surface area contributed by atoms with Crippen molar-refractivity contribution in [3.63, 3.8) is 0 Å². The van der Waals surface area contributed by atoms with Crippen LogP contribution < -0.4 is 26.6 Å². The zero-order valence-electron chi connectivity index (χ0n) is 67.0. The number of anilines is 5. The molecule has 5 aliphatic rings. The quantitative estimate of drug-likeness (QED) is 0.0600. The lowest BCUT2D eigenvalue weighted by Gasteiger charge is -2.26. The molecule has 5 unspecified atom stereocenters. The van der Waals surface area contributed by atoms with Crippen LogP contribution in [0.2, 0.25) is 0 Å². The number of furan rings is 2. The first-order valence-electron chi connectivity index (χ1n) is 39.8. The molecule has 37 nitrogen and oxygen atoms in total. The number of rotatable bonds is 9. The average molecular weight is 1730 g/mol. The molecule has 0 fully saturated rings. The summed E-state index contributed by atoms with van der Waals surface area (Å²) < 4.78 is 35.7.